The van der Waals surface area contributed by atoms with Crippen molar-refractivity contribution < 1.29 is 14.4 Å². The molecule has 2 aliphatic heterocycles. The monoisotopic (exact) mass is 418 g/mol. The normalized spacial score (nSPS) is 22.0. The topological polar surface area (TPSA) is 59.0 Å². The predicted molar refractivity (Wildman–Crippen MR) is 97.7 cm³/mol. The molecule has 0 radical (unpaired) electrons. The van der Waals surface area contributed by atoms with Crippen molar-refractivity contribution in [1.29, 1.82) is 0 Å². The Bertz CT molecular complexity index is 926. The summed E-state index contributed by atoms with van der Waals surface area (Å²) in [6.45, 7) is 1.77. The van der Waals surface area contributed by atoms with Crippen LogP contribution in [0.15, 0.2) is 52.1 Å². The molecular formula is C18H12BrClN2O3. The lowest BCUT2D eigenvalue weighted by atomic mass is 9.94. The molecule has 2 aromatic carbocycles. The third-order valence-electron chi connectivity index (χ3n) is 4.43. The highest BCUT2D eigenvalue weighted by Crippen LogP contribution is 2.37. The molecule has 1 saturated heterocycles. The molecule has 0 saturated carbocycles. The number of rotatable bonds is 2. The van der Waals surface area contributed by atoms with Crippen LogP contribution in [-0.4, -0.2) is 23.6 Å². The third-order valence-corrected chi connectivity index (χ3v) is 5.37. The predicted octanol–water partition coefficient (Wildman–Crippen LogP) is 3.70. The highest BCUT2D eigenvalue weighted by Gasteiger charge is 2.56. The fourth-order valence-corrected chi connectivity index (χ4v) is 3.55. The van der Waals surface area contributed by atoms with Crippen molar-refractivity contribution >= 4 is 50.7 Å². The molecule has 2 aromatic rings. The van der Waals surface area contributed by atoms with Crippen LogP contribution in [0, 0.1) is 12.8 Å². The summed E-state index contributed by atoms with van der Waals surface area (Å²) in [6, 6.07) is 12.5. The number of benzene rings is 2. The minimum absolute atomic E-state index is 0.348. The molecule has 2 aliphatic rings. The first-order valence-electron chi connectivity index (χ1n) is 7.61. The summed E-state index contributed by atoms with van der Waals surface area (Å²) >= 11 is 9.51. The number of hydrogen-bond donors (Lipinski definition) is 0. The smallest absolute Gasteiger partial charge is 0.278 e. The van der Waals surface area contributed by atoms with Gasteiger partial charge in [-0.3, -0.25) is 9.59 Å². The van der Waals surface area contributed by atoms with E-state index in [0.717, 1.165) is 14.9 Å². The van der Waals surface area contributed by atoms with E-state index in [1.54, 1.807) is 25.1 Å². The summed E-state index contributed by atoms with van der Waals surface area (Å²) in [5.41, 5.74) is 2.38. The van der Waals surface area contributed by atoms with Crippen molar-refractivity contribution in [2.45, 2.75) is 13.0 Å². The number of oxime groups is 1. The van der Waals surface area contributed by atoms with Gasteiger partial charge in [0.1, 0.15) is 11.6 Å². The molecule has 2 amide bonds. The van der Waals surface area contributed by atoms with Crippen LogP contribution in [0.2, 0.25) is 5.02 Å². The Morgan fingerprint density at radius 2 is 1.84 bits per heavy atom. The molecule has 2 heterocycles. The van der Waals surface area contributed by atoms with Crippen LogP contribution < -0.4 is 4.90 Å². The molecule has 4 rings (SSSR count). The summed E-state index contributed by atoms with van der Waals surface area (Å²) in [4.78, 5) is 32.2. The van der Waals surface area contributed by atoms with Gasteiger partial charge in [0.25, 0.3) is 5.91 Å². The molecule has 0 N–H and O–H groups in total. The zero-order valence-electron chi connectivity index (χ0n) is 13.1. The highest BCUT2D eigenvalue weighted by atomic mass is 79.9. The molecular weight excluding hydrogens is 408 g/mol. The maximum atomic E-state index is 13.0. The first kappa shape index (κ1) is 16.3. The second kappa shape index (κ2) is 5.97. The molecule has 5 nitrogen and oxygen atoms in total. The number of anilines is 1. The lowest BCUT2D eigenvalue weighted by Crippen LogP contribution is -2.33. The fraction of sp³-hybridized carbons (Fsp3) is 0.167. The maximum Gasteiger partial charge on any atom is 0.278 e. The highest BCUT2D eigenvalue weighted by molar-refractivity contribution is 9.10. The Labute approximate surface area is 157 Å². The lowest BCUT2D eigenvalue weighted by Gasteiger charge is -2.18. The van der Waals surface area contributed by atoms with Gasteiger partial charge in [-0.1, -0.05) is 50.9 Å². The number of carbonyl (C=O) groups is 2. The van der Waals surface area contributed by atoms with Crippen molar-refractivity contribution in [1.82, 2.24) is 0 Å². The van der Waals surface area contributed by atoms with Crippen LogP contribution in [0.1, 0.15) is 11.1 Å². The van der Waals surface area contributed by atoms with E-state index in [1.165, 1.54) is 0 Å². The fourth-order valence-electron chi connectivity index (χ4n) is 3.11. The SMILES string of the molecule is Cc1c(Cl)cccc1N1C(=O)[C@H]2C(c3ccc(Br)cc3)=NO[C@H]2C1=O. The minimum atomic E-state index is -0.926. The van der Waals surface area contributed by atoms with E-state index >= 15 is 0 Å². The van der Waals surface area contributed by atoms with E-state index in [9.17, 15) is 9.59 Å². The van der Waals surface area contributed by atoms with Crippen molar-refractivity contribution in [2.24, 2.45) is 11.1 Å². The van der Waals surface area contributed by atoms with Crippen LogP contribution in [0.4, 0.5) is 5.69 Å². The van der Waals surface area contributed by atoms with Crippen LogP contribution in [0.3, 0.4) is 0 Å². The van der Waals surface area contributed by atoms with Gasteiger partial charge in [0.05, 0.1) is 5.69 Å². The Balaban J connectivity index is 1.73. The summed E-state index contributed by atoms with van der Waals surface area (Å²) < 4.78 is 0.914. The molecule has 25 heavy (non-hydrogen) atoms. The van der Waals surface area contributed by atoms with Gasteiger partial charge in [0.2, 0.25) is 12.0 Å². The van der Waals surface area contributed by atoms with Gasteiger partial charge in [-0.2, -0.15) is 0 Å². The van der Waals surface area contributed by atoms with E-state index in [-0.39, 0.29) is 5.91 Å². The van der Waals surface area contributed by atoms with Gasteiger partial charge >= 0.3 is 0 Å². The van der Waals surface area contributed by atoms with Crippen LogP contribution in [-0.2, 0) is 14.4 Å². The molecule has 1 fully saturated rings. The molecule has 0 aromatic heterocycles. The van der Waals surface area contributed by atoms with Gasteiger partial charge in [-0.25, -0.2) is 4.90 Å². The third kappa shape index (κ3) is 2.48. The number of imide groups is 1. The first-order valence-corrected chi connectivity index (χ1v) is 8.78. The number of amides is 2. The number of nitrogens with zero attached hydrogens (tertiary/aromatic N) is 2. The Hall–Kier alpha value is -2.18. The quantitative estimate of drug-likeness (QED) is 0.697. The molecule has 7 heteroatoms. The largest absolute Gasteiger partial charge is 0.381 e. The molecule has 0 spiro atoms. The zero-order valence-corrected chi connectivity index (χ0v) is 15.4. The Morgan fingerprint density at radius 3 is 2.56 bits per heavy atom. The maximum absolute atomic E-state index is 13.0. The molecule has 0 bridgehead atoms. The standard InChI is InChI=1S/C18H12BrClN2O3/c1-9-12(20)3-2-4-13(9)22-17(23)14-15(21-25-16(14)18(22)24)10-5-7-11(19)8-6-10/h2-8,14,16H,1H3/t14-,16+/m0/s1. The molecule has 126 valence electrons. The van der Waals surface area contributed by atoms with E-state index in [2.05, 4.69) is 21.1 Å². The summed E-state index contributed by atoms with van der Waals surface area (Å²) in [7, 11) is 0. The number of carbonyl (C=O) groups excluding carboxylic acids is 2. The van der Waals surface area contributed by atoms with E-state index in [0.29, 0.717) is 22.0 Å². The van der Waals surface area contributed by atoms with Gasteiger partial charge in [0, 0.05) is 15.1 Å². The van der Waals surface area contributed by atoms with Gasteiger partial charge in [-0.05, 0) is 36.8 Å². The number of halogens is 2. The molecule has 0 aliphatic carbocycles. The van der Waals surface area contributed by atoms with E-state index in [1.807, 2.05) is 24.3 Å². The number of hydrogen-bond acceptors (Lipinski definition) is 4. The second-order valence-corrected chi connectivity index (χ2v) is 7.21. The number of fused-ring (bicyclic) bond motifs is 1. The summed E-state index contributed by atoms with van der Waals surface area (Å²) in [5.74, 6) is -1.51. The van der Waals surface area contributed by atoms with Gasteiger partial charge < -0.3 is 4.84 Å². The molecule has 2 atom stereocenters. The van der Waals surface area contributed by atoms with Crippen LogP contribution in [0.25, 0.3) is 0 Å². The Morgan fingerprint density at radius 1 is 1.12 bits per heavy atom. The second-order valence-electron chi connectivity index (χ2n) is 5.88. The lowest BCUT2D eigenvalue weighted by molar-refractivity contribution is -0.126. The average Bonchev–Trinajstić information content (AvgIpc) is 3.13. The van der Waals surface area contributed by atoms with Crippen molar-refractivity contribution in [2.75, 3.05) is 4.90 Å². The van der Waals surface area contributed by atoms with Crippen molar-refractivity contribution in [3.63, 3.8) is 0 Å². The Kier molecular flexibility index (Phi) is 3.89. The van der Waals surface area contributed by atoms with Crippen LogP contribution >= 0.6 is 27.5 Å². The average molecular weight is 420 g/mol. The van der Waals surface area contributed by atoms with E-state index in [4.69, 9.17) is 16.4 Å². The van der Waals surface area contributed by atoms with Crippen molar-refractivity contribution in [3.05, 3.63) is 63.1 Å². The van der Waals surface area contributed by atoms with Crippen molar-refractivity contribution in [3.8, 4) is 0 Å². The molecule has 0 unspecified atom stereocenters. The van der Waals surface area contributed by atoms with Gasteiger partial charge in [0.15, 0.2) is 0 Å². The van der Waals surface area contributed by atoms with E-state index < -0.39 is 17.9 Å². The zero-order chi connectivity index (χ0) is 17.7. The van der Waals surface area contributed by atoms with Crippen LogP contribution in [0.5, 0.6) is 0 Å². The first-order chi connectivity index (χ1) is 12.0. The minimum Gasteiger partial charge on any atom is -0.381 e. The van der Waals surface area contributed by atoms with Gasteiger partial charge in [-0.15, -0.1) is 0 Å². The summed E-state index contributed by atoms with van der Waals surface area (Å²) in [6.07, 6.45) is -0.926. The summed E-state index contributed by atoms with van der Waals surface area (Å²) in [5, 5.41) is 4.49.